The van der Waals surface area contributed by atoms with Crippen LogP contribution in [0.2, 0.25) is 0 Å². The number of methoxy groups -OCH3 is 1. The maximum Gasteiger partial charge on any atom is 0.325 e. The first-order valence-electron chi connectivity index (χ1n) is 6.09. The molecule has 0 atom stereocenters. The van der Waals surface area contributed by atoms with Gasteiger partial charge in [-0.2, -0.15) is 0 Å². The van der Waals surface area contributed by atoms with Crippen molar-refractivity contribution in [2.24, 2.45) is 0 Å². The van der Waals surface area contributed by atoms with E-state index in [9.17, 15) is 24.1 Å². The Bertz CT molecular complexity index is 574. The van der Waals surface area contributed by atoms with E-state index in [1.165, 1.54) is 7.11 Å². The number of hydrogen-bond donors (Lipinski definition) is 0. The van der Waals surface area contributed by atoms with E-state index in [2.05, 4.69) is 4.74 Å². The van der Waals surface area contributed by atoms with Crippen LogP contribution in [0.5, 0.6) is 0 Å². The number of carbonyl (C=O) groups excluding carboxylic acids is 2. The molecule has 0 N–H and O–H groups in total. The van der Waals surface area contributed by atoms with E-state index in [0.717, 1.165) is 17.0 Å². The molecular formula is C13H15FN2O5. The molecule has 0 heterocycles. The fourth-order valence-corrected chi connectivity index (χ4v) is 1.64. The smallest absolute Gasteiger partial charge is 0.325 e. The molecule has 114 valence electrons. The minimum atomic E-state index is -1.01. The first kappa shape index (κ1) is 16.5. The van der Waals surface area contributed by atoms with Crippen LogP contribution < -0.4 is 0 Å². The third-order valence-electron chi connectivity index (χ3n) is 2.81. The predicted molar refractivity (Wildman–Crippen MR) is 71.2 cm³/mol. The molecule has 0 saturated carbocycles. The van der Waals surface area contributed by atoms with Crippen LogP contribution in [0.3, 0.4) is 0 Å². The van der Waals surface area contributed by atoms with E-state index in [-0.39, 0.29) is 18.2 Å². The number of halogens is 1. The second-order valence-electron chi connectivity index (χ2n) is 4.52. The zero-order valence-corrected chi connectivity index (χ0v) is 11.8. The molecular weight excluding hydrogens is 283 g/mol. The molecule has 0 radical (unpaired) electrons. The average Bonchev–Trinajstić information content (AvgIpc) is 2.43. The summed E-state index contributed by atoms with van der Waals surface area (Å²) in [5.41, 5.74) is -0.786. The number of amides is 1. The van der Waals surface area contributed by atoms with Gasteiger partial charge < -0.3 is 9.64 Å². The molecule has 1 rings (SSSR count). The largest absolute Gasteiger partial charge is 0.468 e. The summed E-state index contributed by atoms with van der Waals surface area (Å²) < 4.78 is 18.3. The van der Waals surface area contributed by atoms with Crippen LogP contribution in [0.15, 0.2) is 18.2 Å². The van der Waals surface area contributed by atoms with Crippen molar-refractivity contribution in [1.29, 1.82) is 0 Å². The van der Waals surface area contributed by atoms with E-state index < -0.39 is 28.3 Å². The summed E-state index contributed by atoms with van der Waals surface area (Å²) >= 11 is 0. The Morgan fingerprint density at radius 3 is 2.48 bits per heavy atom. The molecule has 0 aliphatic carbocycles. The van der Waals surface area contributed by atoms with Crippen molar-refractivity contribution in [3.8, 4) is 0 Å². The van der Waals surface area contributed by atoms with Crippen LogP contribution >= 0.6 is 0 Å². The third-order valence-corrected chi connectivity index (χ3v) is 2.81. The predicted octanol–water partition coefficient (Wildman–Crippen LogP) is 1.76. The number of nitrogens with zero attached hydrogens (tertiary/aromatic N) is 2. The van der Waals surface area contributed by atoms with Gasteiger partial charge in [-0.25, -0.2) is 4.39 Å². The lowest BCUT2D eigenvalue weighted by molar-refractivity contribution is -0.385. The number of carbonyl (C=O) groups is 2. The zero-order chi connectivity index (χ0) is 16.2. The topological polar surface area (TPSA) is 89.8 Å². The van der Waals surface area contributed by atoms with Crippen LogP contribution in [0, 0.1) is 15.9 Å². The first-order chi connectivity index (χ1) is 9.77. The Morgan fingerprint density at radius 1 is 1.43 bits per heavy atom. The molecule has 8 heteroatoms. The standard InChI is InChI=1S/C13H15FN2O5/c1-8(2)15(7-12(17)21-3)13(18)10-5-4-9(16(19)20)6-11(10)14/h4-6,8H,7H2,1-3H3. The number of rotatable bonds is 5. The van der Waals surface area contributed by atoms with Gasteiger partial charge in [-0.3, -0.25) is 19.7 Å². The van der Waals surface area contributed by atoms with Gasteiger partial charge in [-0.1, -0.05) is 0 Å². The van der Waals surface area contributed by atoms with Crippen LogP contribution in [-0.4, -0.2) is 41.4 Å². The lowest BCUT2D eigenvalue weighted by Crippen LogP contribution is -2.41. The fraction of sp³-hybridized carbons (Fsp3) is 0.385. The number of nitro groups is 1. The molecule has 7 nitrogen and oxygen atoms in total. The third kappa shape index (κ3) is 3.98. The van der Waals surface area contributed by atoms with Crippen molar-refractivity contribution in [3.63, 3.8) is 0 Å². The van der Waals surface area contributed by atoms with Gasteiger partial charge in [-0.05, 0) is 19.9 Å². The first-order valence-corrected chi connectivity index (χ1v) is 6.09. The minimum Gasteiger partial charge on any atom is -0.468 e. The fourth-order valence-electron chi connectivity index (χ4n) is 1.64. The van der Waals surface area contributed by atoms with Crippen molar-refractivity contribution in [1.82, 2.24) is 4.90 Å². The van der Waals surface area contributed by atoms with Crippen molar-refractivity contribution < 1.29 is 23.6 Å². The van der Waals surface area contributed by atoms with E-state index in [0.29, 0.717) is 6.07 Å². The highest BCUT2D eigenvalue weighted by molar-refractivity contribution is 5.96. The van der Waals surface area contributed by atoms with Gasteiger partial charge in [0.05, 0.1) is 23.7 Å². The van der Waals surface area contributed by atoms with E-state index in [1.807, 2.05) is 0 Å². The van der Waals surface area contributed by atoms with Gasteiger partial charge in [0.25, 0.3) is 11.6 Å². The summed E-state index contributed by atoms with van der Waals surface area (Å²) in [6, 6.07) is 2.37. The molecule has 0 fully saturated rings. The van der Waals surface area contributed by atoms with Crippen LogP contribution in [-0.2, 0) is 9.53 Å². The van der Waals surface area contributed by atoms with Crippen molar-refractivity contribution in [2.75, 3.05) is 13.7 Å². The summed E-state index contributed by atoms with van der Waals surface area (Å²) in [6.45, 7) is 2.98. The van der Waals surface area contributed by atoms with Gasteiger partial charge in [0.15, 0.2) is 0 Å². The second-order valence-corrected chi connectivity index (χ2v) is 4.52. The highest BCUT2D eigenvalue weighted by atomic mass is 19.1. The van der Waals surface area contributed by atoms with Crippen LogP contribution in [0.25, 0.3) is 0 Å². The average molecular weight is 298 g/mol. The van der Waals surface area contributed by atoms with Gasteiger partial charge in [-0.15, -0.1) is 0 Å². The minimum absolute atomic E-state index is 0.330. The lowest BCUT2D eigenvalue weighted by Gasteiger charge is -2.25. The number of nitro benzene ring substituents is 1. The Balaban J connectivity index is 3.09. The van der Waals surface area contributed by atoms with Gasteiger partial charge in [0.2, 0.25) is 0 Å². The molecule has 0 aliphatic rings. The van der Waals surface area contributed by atoms with Gasteiger partial charge in [0.1, 0.15) is 12.4 Å². The van der Waals surface area contributed by atoms with Crippen LogP contribution in [0.1, 0.15) is 24.2 Å². The summed E-state index contributed by atoms with van der Waals surface area (Å²) in [6.07, 6.45) is 0. The number of hydrogen-bond acceptors (Lipinski definition) is 5. The Morgan fingerprint density at radius 2 is 2.05 bits per heavy atom. The molecule has 0 aromatic heterocycles. The summed E-state index contributed by atoms with van der Waals surface area (Å²) in [5.74, 6) is -2.38. The van der Waals surface area contributed by atoms with E-state index in [4.69, 9.17) is 0 Å². The monoisotopic (exact) mass is 298 g/mol. The van der Waals surface area contributed by atoms with E-state index >= 15 is 0 Å². The normalized spacial score (nSPS) is 10.3. The zero-order valence-electron chi connectivity index (χ0n) is 11.8. The molecule has 0 bridgehead atoms. The number of ether oxygens (including phenoxy) is 1. The van der Waals surface area contributed by atoms with Gasteiger partial charge in [0, 0.05) is 12.1 Å². The second kappa shape index (κ2) is 6.78. The molecule has 0 unspecified atom stereocenters. The van der Waals surface area contributed by atoms with Crippen molar-refractivity contribution in [3.05, 3.63) is 39.7 Å². The lowest BCUT2D eigenvalue weighted by atomic mass is 10.1. The molecule has 1 aromatic rings. The SMILES string of the molecule is COC(=O)CN(C(=O)c1ccc([N+](=O)[O-])cc1F)C(C)C. The number of non-ortho nitro benzene ring substituents is 1. The Kier molecular flexibility index (Phi) is 5.34. The molecule has 0 spiro atoms. The molecule has 0 aliphatic heterocycles. The maximum absolute atomic E-state index is 13.8. The Hall–Kier alpha value is -2.51. The molecule has 0 saturated heterocycles. The van der Waals surface area contributed by atoms with Crippen LogP contribution in [0.4, 0.5) is 10.1 Å². The number of benzene rings is 1. The maximum atomic E-state index is 13.8. The molecule has 21 heavy (non-hydrogen) atoms. The van der Waals surface area contributed by atoms with Crippen molar-refractivity contribution >= 4 is 17.6 Å². The molecule has 1 aromatic carbocycles. The highest BCUT2D eigenvalue weighted by Crippen LogP contribution is 2.19. The number of esters is 1. The van der Waals surface area contributed by atoms with Crippen molar-refractivity contribution in [2.45, 2.75) is 19.9 Å². The summed E-state index contributed by atoms with van der Waals surface area (Å²) in [4.78, 5) is 34.4. The summed E-state index contributed by atoms with van der Waals surface area (Å²) in [7, 11) is 1.18. The quantitative estimate of drug-likeness (QED) is 0.469. The summed E-state index contributed by atoms with van der Waals surface area (Å²) in [5, 5.41) is 10.5. The van der Waals surface area contributed by atoms with E-state index in [1.54, 1.807) is 13.8 Å². The Labute approximate surface area is 120 Å². The molecule has 1 amide bonds. The van der Waals surface area contributed by atoms with Gasteiger partial charge >= 0.3 is 5.97 Å². The highest BCUT2D eigenvalue weighted by Gasteiger charge is 2.25.